The Labute approximate surface area is 85.2 Å². The van der Waals surface area contributed by atoms with Gasteiger partial charge in [-0.25, -0.2) is 0 Å². The van der Waals surface area contributed by atoms with Crippen molar-refractivity contribution in [2.24, 2.45) is 0 Å². The molecule has 1 saturated heterocycles. The molecule has 2 nitrogen and oxygen atoms in total. The van der Waals surface area contributed by atoms with Gasteiger partial charge in [-0.1, -0.05) is 6.07 Å². The second-order valence-corrected chi connectivity index (χ2v) is 4.09. The van der Waals surface area contributed by atoms with Crippen molar-refractivity contribution in [2.75, 3.05) is 13.1 Å². The van der Waals surface area contributed by atoms with E-state index in [4.69, 9.17) is 0 Å². The highest BCUT2D eigenvalue weighted by Crippen LogP contribution is 2.19. The zero-order valence-corrected chi connectivity index (χ0v) is 8.66. The quantitative estimate of drug-likeness (QED) is 0.775. The van der Waals surface area contributed by atoms with Crippen molar-refractivity contribution in [3.8, 4) is 5.75 Å². The van der Waals surface area contributed by atoms with E-state index in [9.17, 15) is 5.11 Å². The van der Waals surface area contributed by atoms with Crippen LogP contribution in [0, 0.1) is 6.92 Å². The molecule has 76 valence electrons. The van der Waals surface area contributed by atoms with Gasteiger partial charge in [0.15, 0.2) is 0 Å². The zero-order valence-electron chi connectivity index (χ0n) is 8.66. The number of hydrogen-bond acceptors (Lipinski definition) is 2. The Morgan fingerprint density at radius 1 is 1.29 bits per heavy atom. The molecule has 0 radical (unpaired) electrons. The Hall–Kier alpha value is -1.02. The molecule has 1 aliphatic heterocycles. The predicted octanol–water partition coefficient (Wildman–Crippen LogP) is 2.30. The zero-order chi connectivity index (χ0) is 9.97. The standard InChI is InChI=1S/C12H17NO/c1-10-8-12(14)5-4-11(10)9-13-6-2-3-7-13/h4-5,8,14H,2-3,6-7,9H2,1H3. The molecule has 0 bridgehead atoms. The normalized spacial score (nSPS) is 17.5. The van der Waals surface area contributed by atoms with Crippen LogP contribution in [0.15, 0.2) is 18.2 Å². The summed E-state index contributed by atoms with van der Waals surface area (Å²) in [6.45, 7) is 5.54. The molecule has 1 fully saturated rings. The van der Waals surface area contributed by atoms with Crippen molar-refractivity contribution < 1.29 is 5.11 Å². The second kappa shape index (κ2) is 4.01. The fourth-order valence-corrected chi connectivity index (χ4v) is 2.04. The molecule has 0 atom stereocenters. The molecule has 14 heavy (non-hydrogen) atoms. The molecule has 1 aromatic rings. The molecule has 0 unspecified atom stereocenters. The summed E-state index contributed by atoms with van der Waals surface area (Å²) in [5.41, 5.74) is 2.53. The van der Waals surface area contributed by atoms with Crippen LogP contribution in [0.3, 0.4) is 0 Å². The van der Waals surface area contributed by atoms with Crippen LogP contribution < -0.4 is 0 Å². The average Bonchev–Trinajstić information content (AvgIpc) is 2.62. The minimum atomic E-state index is 0.368. The number of aryl methyl sites for hydroxylation is 1. The number of benzene rings is 1. The average molecular weight is 191 g/mol. The molecule has 2 rings (SSSR count). The van der Waals surface area contributed by atoms with E-state index in [-0.39, 0.29) is 0 Å². The molecule has 0 amide bonds. The van der Waals surface area contributed by atoms with Gasteiger partial charge in [-0.15, -0.1) is 0 Å². The third-order valence-electron chi connectivity index (χ3n) is 2.92. The van der Waals surface area contributed by atoms with Gasteiger partial charge in [0.1, 0.15) is 5.75 Å². The van der Waals surface area contributed by atoms with E-state index in [0.29, 0.717) is 5.75 Å². The molecule has 0 aromatic heterocycles. The number of phenols is 1. The third-order valence-corrected chi connectivity index (χ3v) is 2.92. The SMILES string of the molecule is Cc1cc(O)ccc1CN1CCCC1. The Kier molecular flexibility index (Phi) is 2.73. The Bertz CT molecular complexity index is 316. The lowest BCUT2D eigenvalue weighted by Crippen LogP contribution is -2.18. The fourth-order valence-electron chi connectivity index (χ4n) is 2.04. The smallest absolute Gasteiger partial charge is 0.115 e. The van der Waals surface area contributed by atoms with Gasteiger partial charge in [-0.3, -0.25) is 4.90 Å². The first-order valence-electron chi connectivity index (χ1n) is 5.26. The maximum Gasteiger partial charge on any atom is 0.115 e. The summed E-state index contributed by atoms with van der Waals surface area (Å²) < 4.78 is 0. The van der Waals surface area contributed by atoms with Crippen LogP contribution in [0.25, 0.3) is 0 Å². The van der Waals surface area contributed by atoms with Crippen molar-refractivity contribution in [2.45, 2.75) is 26.3 Å². The van der Waals surface area contributed by atoms with E-state index in [0.717, 1.165) is 6.54 Å². The van der Waals surface area contributed by atoms with Crippen molar-refractivity contribution in [3.05, 3.63) is 29.3 Å². The van der Waals surface area contributed by atoms with Gasteiger partial charge in [0.25, 0.3) is 0 Å². The molecule has 1 aliphatic rings. The van der Waals surface area contributed by atoms with Gasteiger partial charge in [-0.2, -0.15) is 0 Å². The van der Waals surface area contributed by atoms with E-state index in [1.54, 1.807) is 6.07 Å². The Morgan fingerprint density at radius 3 is 2.64 bits per heavy atom. The van der Waals surface area contributed by atoms with Gasteiger partial charge in [0, 0.05) is 6.54 Å². The second-order valence-electron chi connectivity index (χ2n) is 4.09. The number of likely N-dealkylation sites (tertiary alicyclic amines) is 1. The van der Waals surface area contributed by atoms with Crippen LogP contribution in [0.4, 0.5) is 0 Å². The van der Waals surface area contributed by atoms with Crippen LogP contribution in [-0.2, 0) is 6.54 Å². The lowest BCUT2D eigenvalue weighted by Gasteiger charge is -2.16. The lowest BCUT2D eigenvalue weighted by molar-refractivity contribution is 0.330. The van der Waals surface area contributed by atoms with E-state index >= 15 is 0 Å². The van der Waals surface area contributed by atoms with E-state index in [1.807, 2.05) is 12.1 Å². The van der Waals surface area contributed by atoms with E-state index in [2.05, 4.69) is 11.8 Å². The summed E-state index contributed by atoms with van der Waals surface area (Å²) in [4.78, 5) is 2.47. The van der Waals surface area contributed by atoms with E-state index in [1.165, 1.54) is 37.1 Å². The van der Waals surface area contributed by atoms with Crippen molar-refractivity contribution >= 4 is 0 Å². The number of nitrogens with zero attached hydrogens (tertiary/aromatic N) is 1. The first kappa shape index (κ1) is 9.53. The molecular formula is C12H17NO. The first-order chi connectivity index (χ1) is 6.75. The lowest BCUT2D eigenvalue weighted by atomic mass is 10.1. The molecule has 1 N–H and O–H groups in total. The maximum absolute atomic E-state index is 9.28. The fraction of sp³-hybridized carbons (Fsp3) is 0.500. The summed E-state index contributed by atoms with van der Waals surface area (Å²) in [6.07, 6.45) is 2.66. The molecule has 0 aliphatic carbocycles. The topological polar surface area (TPSA) is 23.5 Å². The highest BCUT2D eigenvalue weighted by molar-refractivity contribution is 5.33. The summed E-state index contributed by atoms with van der Waals surface area (Å²) in [7, 11) is 0. The molecule has 1 aromatic carbocycles. The van der Waals surface area contributed by atoms with Crippen LogP contribution in [0.5, 0.6) is 5.75 Å². The number of phenolic OH excluding ortho intramolecular Hbond substituents is 1. The molecule has 0 saturated carbocycles. The molecule has 2 heteroatoms. The van der Waals surface area contributed by atoms with Crippen molar-refractivity contribution in [3.63, 3.8) is 0 Å². The van der Waals surface area contributed by atoms with Crippen LogP contribution in [-0.4, -0.2) is 23.1 Å². The van der Waals surface area contributed by atoms with Gasteiger partial charge in [0.05, 0.1) is 0 Å². The van der Waals surface area contributed by atoms with Crippen molar-refractivity contribution in [1.82, 2.24) is 4.90 Å². The highest BCUT2D eigenvalue weighted by atomic mass is 16.3. The minimum absolute atomic E-state index is 0.368. The largest absolute Gasteiger partial charge is 0.508 e. The van der Waals surface area contributed by atoms with Gasteiger partial charge in [-0.05, 0) is 56.1 Å². The molecular weight excluding hydrogens is 174 g/mol. The summed E-state index contributed by atoms with van der Waals surface area (Å²) >= 11 is 0. The van der Waals surface area contributed by atoms with Gasteiger partial charge >= 0.3 is 0 Å². The first-order valence-corrected chi connectivity index (χ1v) is 5.26. The third kappa shape index (κ3) is 2.07. The summed E-state index contributed by atoms with van der Waals surface area (Å²) in [6, 6.07) is 5.65. The van der Waals surface area contributed by atoms with Gasteiger partial charge < -0.3 is 5.11 Å². The van der Waals surface area contributed by atoms with Crippen LogP contribution in [0.1, 0.15) is 24.0 Å². The highest BCUT2D eigenvalue weighted by Gasteiger charge is 2.12. The van der Waals surface area contributed by atoms with E-state index < -0.39 is 0 Å². The molecule has 1 heterocycles. The van der Waals surface area contributed by atoms with Crippen LogP contribution >= 0.6 is 0 Å². The monoisotopic (exact) mass is 191 g/mol. The Balaban J connectivity index is 2.08. The minimum Gasteiger partial charge on any atom is -0.508 e. The summed E-state index contributed by atoms with van der Waals surface area (Å²) in [5.74, 6) is 0.368. The number of aromatic hydroxyl groups is 1. The predicted molar refractivity (Wildman–Crippen MR) is 57.4 cm³/mol. The molecule has 0 spiro atoms. The van der Waals surface area contributed by atoms with Crippen molar-refractivity contribution in [1.29, 1.82) is 0 Å². The number of rotatable bonds is 2. The summed E-state index contributed by atoms with van der Waals surface area (Å²) in [5, 5.41) is 9.28. The number of hydrogen-bond donors (Lipinski definition) is 1. The van der Waals surface area contributed by atoms with Gasteiger partial charge in [0.2, 0.25) is 0 Å². The Morgan fingerprint density at radius 2 is 2.00 bits per heavy atom. The maximum atomic E-state index is 9.28. The van der Waals surface area contributed by atoms with Crippen LogP contribution in [0.2, 0.25) is 0 Å².